The predicted octanol–water partition coefficient (Wildman–Crippen LogP) is 5.82. The van der Waals surface area contributed by atoms with E-state index in [2.05, 4.69) is 4.99 Å². The highest BCUT2D eigenvalue weighted by atomic mass is 35.5. The normalized spacial score (nSPS) is 17.0. The van der Waals surface area contributed by atoms with Gasteiger partial charge in [0, 0.05) is 22.2 Å². The van der Waals surface area contributed by atoms with E-state index >= 15 is 0 Å². The molecule has 0 amide bonds. The van der Waals surface area contributed by atoms with Gasteiger partial charge in [0.2, 0.25) is 0 Å². The second kappa shape index (κ2) is 7.56. The Bertz CT molecular complexity index is 1130. The molecule has 0 saturated heterocycles. The van der Waals surface area contributed by atoms with E-state index in [9.17, 15) is 4.79 Å². The summed E-state index contributed by atoms with van der Waals surface area (Å²) in [6.45, 7) is 4.03. The molecule has 1 unspecified atom stereocenters. The average Bonchev–Trinajstić information content (AvgIpc) is 2.69. The number of aliphatic imine (C=N–C) groups is 2. The molecular weight excluding hydrogens is 372 g/mol. The van der Waals surface area contributed by atoms with Crippen LogP contribution in [-0.2, 0) is 9.53 Å². The fourth-order valence-corrected chi connectivity index (χ4v) is 3.73. The molecule has 1 aliphatic rings. The van der Waals surface area contributed by atoms with Crippen molar-refractivity contribution < 1.29 is 9.53 Å². The van der Waals surface area contributed by atoms with Crippen LogP contribution in [0.15, 0.2) is 64.6 Å². The van der Waals surface area contributed by atoms with E-state index in [4.69, 9.17) is 21.3 Å². The van der Waals surface area contributed by atoms with Crippen LogP contribution < -0.4 is 0 Å². The molecule has 28 heavy (non-hydrogen) atoms. The molecule has 1 heterocycles. The maximum atomic E-state index is 12.6. The number of hydrogen-bond donors (Lipinski definition) is 0. The van der Waals surface area contributed by atoms with Gasteiger partial charge in [0.05, 0.1) is 23.7 Å². The van der Waals surface area contributed by atoms with Gasteiger partial charge in [-0.3, -0.25) is 14.8 Å². The molecule has 1 aliphatic heterocycles. The molecule has 0 aromatic heterocycles. The molecule has 0 fully saturated rings. The number of hydrogen-bond acceptors (Lipinski definition) is 4. The first-order valence-electron chi connectivity index (χ1n) is 9.16. The molecule has 3 aromatic rings. The summed E-state index contributed by atoms with van der Waals surface area (Å²) in [5, 5.41) is 2.69. The Balaban J connectivity index is 1.95. The predicted molar refractivity (Wildman–Crippen MR) is 115 cm³/mol. The molecule has 0 saturated carbocycles. The van der Waals surface area contributed by atoms with Crippen molar-refractivity contribution in [3.05, 3.63) is 70.7 Å². The van der Waals surface area contributed by atoms with Crippen molar-refractivity contribution in [3.63, 3.8) is 0 Å². The lowest BCUT2D eigenvalue weighted by Gasteiger charge is -2.22. The second-order valence-electron chi connectivity index (χ2n) is 6.62. The Hall–Kier alpha value is -2.98. The van der Waals surface area contributed by atoms with E-state index in [0.29, 0.717) is 17.3 Å². The third-order valence-corrected chi connectivity index (χ3v) is 4.95. The maximum Gasteiger partial charge on any atom is 0.320 e. The number of aryl methyl sites for hydroxylation is 1. The van der Waals surface area contributed by atoms with Crippen LogP contribution in [0.4, 0.5) is 11.4 Å². The zero-order valence-electron chi connectivity index (χ0n) is 15.6. The summed E-state index contributed by atoms with van der Waals surface area (Å²) in [4.78, 5) is 22.0. The van der Waals surface area contributed by atoms with Gasteiger partial charge in [-0.05, 0) is 43.0 Å². The van der Waals surface area contributed by atoms with Gasteiger partial charge in [0.1, 0.15) is 5.92 Å². The summed E-state index contributed by atoms with van der Waals surface area (Å²) in [5.74, 6) is -1.04. The zero-order chi connectivity index (χ0) is 19.7. The molecule has 0 N–H and O–H groups in total. The lowest BCUT2D eigenvalue weighted by molar-refractivity contribution is -0.143. The molecule has 3 aromatic carbocycles. The first-order valence-corrected chi connectivity index (χ1v) is 9.54. The van der Waals surface area contributed by atoms with Crippen LogP contribution in [0.1, 0.15) is 18.1 Å². The molecule has 0 radical (unpaired) electrons. The lowest BCUT2D eigenvalue weighted by Crippen LogP contribution is -2.30. The molecule has 0 aliphatic carbocycles. The second-order valence-corrected chi connectivity index (χ2v) is 7.06. The van der Waals surface area contributed by atoms with Crippen LogP contribution in [0.25, 0.3) is 10.8 Å². The Kier molecular flexibility index (Phi) is 4.97. The van der Waals surface area contributed by atoms with Gasteiger partial charge in [-0.1, -0.05) is 48.0 Å². The molecule has 5 heteroatoms. The van der Waals surface area contributed by atoms with E-state index in [0.717, 1.165) is 33.3 Å². The minimum Gasteiger partial charge on any atom is -0.465 e. The smallest absolute Gasteiger partial charge is 0.320 e. The van der Waals surface area contributed by atoms with E-state index < -0.39 is 5.92 Å². The third kappa shape index (κ3) is 3.32. The molecular formula is C23H19ClN2O2. The highest BCUT2D eigenvalue weighted by Gasteiger charge is 2.31. The van der Waals surface area contributed by atoms with Crippen molar-refractivity contribution in [2.45, 2.75) is 13.8 Å². The van der Waals surface area contributed by atoms with Crippen LogP contribution in [0.3, 0.4) is 0 Å². The first kappa shape index (κ1) is 18.4. The molecule has 140 valence electrons. The SMILES string of the molecule is CCOC(=O)C1C=Nc2c(C)cc(Cl)cc2C1=Nc1cccc2ccccc12. The number of esters is 1. The quantitative estimate of drug-likeness (QED) is 0.529. The van der Waals surface area contributed by atoms with E-state index in [1.54, 1.807) is 13.1 Å². The average molecular weight is 391 g/mol. The van der Waals surface area contributed by atoms with Crippen molar-refractivity contribution in [2.24, 2.45) is 15.9 Å². The Morgan fingerprint density at radius 2 is 1.96 bits per heavy atom. The number of rotatable bonds is 3. The summed E-state index contributed by atoms with van der Waals surface area (Å²) in [6, 6.07) is 17.7. The van der Waals surface area contributed by atoms with Crippen molar-refractivity contribution in [1.29, 1.82) is 0 Å². The van der Waals surface area contributed by atoms with Gasteiger partial charge < -0.3 is 4.74 Å². The highest BCUT2D eigenvalue weighted by Crippen LogP contribution is 2.36. The van der Waals surface area contributed by atoms with Gasteiger partial charge >= 0.3 is 5.97 Å². The summed E-state index contributed by atoms with van der Waals surface area (Å²) in [7, 11) is 0. The van der Waals surface area contributed by atoms with Crippen LogP contribution in [0, 0.1) is 12.8 Å². The fraction of sp³-hybridized carbons (Fsp3) is 0.174. The Morgan fingerprint density at radius 3 is 2.79 bits per heavy atom. The zero-order valence-corrected chi connectivity index (χ0v) is 16.4. The van der Waals surface area contributed by atoms with Crippen molar-refractivity contribution in [2.75, 3.05) is 6.61 Å². The number of carbonyl (C=O) groups is 1. The minimum atomic E-state index is -0.677. The monoisotopic (exact) mass is 390 g/mol. The molecule has 1 atom stereocenters. The van der Waals surface area contributed by atoms with Gasteiger partial charge in [-0.2, -0.15) is 0 Å². The summed E-state index contributed by atoms with van der Waals surface area (Å²) in [5.41, 5.74) is 3.88. The number of benzene rings is 3. The van der Waals surface area contributed by atoms with Crippen molar-refractivity contribution in [1.82, 2.24) is 0 Å². The number of nitrogens with zero attached hydrogens (tertiary/aromatic N) is 2. The van der Waals surface area contributed by atoms with Crippen LogP contribution in [0.2, 0.25) is 5.02 Å². The van der Waals surface area contributed by atoms with Crippen LogP contribution in [-0.4, -0.2) is 24.5 Å². The van der Waals surface area contributed by atoms with Gasteiger partial charge in [0.15, 0.2) is 0 Å². The van der Waals surface area contributed by atoms with Crippen LogP contribution >= 0.6 is 11.6 Å². The standard InChI is InChI=1S/C23H19ClN2O2/c1-3-28-23(27)19-13-25-21-14(2)11-16(24)12-18(21)22(19)26-20-10-6-8-15-7-4-5-9-17(15)20/h4-13,19H,3H2,1-2H3. The largest absolute Gasteiger partial charge is 0.465 e. The van der Waals surface area contributed by atoms with E-state index in [1.165, 1.54) is 0 Å². The number of fused-ring (bicyclic) bond motifs is 2. The lowest BCUT2D eigenvalue weighted by atomic mass is 9.91. The molecule has 0 bridgehead atoms. The van der Waals surface area contributed by atoms with Crippen LogP contribution in [0.5, 0.6) is 0 Å². The van der Waals surface area contributed by atoms with Crippen molar-refractivity contribution >= 4 is 51.6 Å². The summed E-state index contributed by atoms with van der Waals surface area (Å²) in [6.07, 6.45) is 1.62. The Labute approximate surface area is 168 Å². The number of halogens is 1. The summed E-state index contributed by atoms with van der Waals surface area (Å²) >= 11 is 6.31. The topological polar surface area (TPSA) is 51.0 Å². The third-order valence-electron chi connectivity index (χ3n) is 4.74. The first-order chi connectivity index (χ1) is 13.6. The van der Waals surface area contributed by atoms with Crippen molar-refractivity contribution in [3.8, 4) is 0 Å². The number of carbonyl (C=O) groups excluding carboxylic acids is 1. The summed E-state index contributed by atoms with van der Waals surface area (Å²) < 4.78 is 5.27. The Morgan fingerprint density at radius 1 is 1.18 bits per heavy atom. The minimum absolute atomic E-state index is 0.298. The van der Waals surface area contributed by atoms with Gasteiger partial charge in [-0.15, -0.1) is 0 Å². The van der Waals surface area contributed by atoms with E-state index in [-0.39, 0.29) is 5.97 Å². The van der Waals surface area contributed by atoms with E-state index in [1.807, 2.05) is 61.5 Å². The fourth-order valence-electron chi connectivity index (χ4n) is 3.46. The molecule has 4 nitrogen and oxygen atoms in total. The highest BCUT2D eigenvalue weighted by molar-refractivity contribution is 6.32. The molecule has 4 rings (SSSR count). The van der Waals surface area contributed by atoms with Gasteiger partial charge in [0.25, 0.3) is 0 Å². The maximum absolute atomic E-state index is 12.6. The number of ether oxygens (including phenoxy) is 1. The van der Waals surface area contributed by atoms with Gasteiger partial charge in [-0.25, -0.2) is 0 Å². The molecule has 0 spiro atoms.